The van der Waals surface area contributed by atoms with E-state index in [4.69, 9.17) is 0 Å². The molecule has 2 aromatic rings. The number of aryl methyl sites for hydroxylation is 1. The monoisotopic (exact) mass is 282 g/mol. The Morgan fingerprint density at radius 3 is 2.52 bits per heavy atom. The van der Waals surface area contributed by atoms with Crippen LogP contribution in [0.4, 0.5) is 5.69 Å². The molecule has 1 aromatic carbocycles. The molecule has 2 rings (SSSR count). The third-order valence-electron chi connectivity index (χ3n) is 2.92. The number of amides is 1. The highest BCUT2D eigenvalue weighted by Crippen LogP contribution is 2.09. The molecule has 0 aliphatic rings. The van der Waals surface area contributed by atoms with Crippen LogP contribution in [0.15, 0.2) is 53.9 Å². The maximum atomic E-state index is 11.9. The largest absolute Gasteiger partial charge is 0.374 e. The van der Waals surface area contributed by atoms with Gasteiger partial charge in [-0.1, -0.05) is 17.7 Å². The summed E-state index contributed by atoms with van der Waals surface area (Å²) in [6.45, 7) is 3.81. The molecule has 1 aromatic heterocycles. The minimum absolute atomic E-state index is 0.194. The maximum absolute atomic E-state index is 11.9. The molecule has 1 heterocycles. The summed E-state index contributed by atoms with van der Waals surface area (Å²) >= 11 is 0. The van der Waals surface area contributed by atoms with E-state index in [0.29, 0.717) is 0 Å². The fraction of sp³-hybridized carbons (Fsp3) is 0.188. The summed E-state index contributed by atoms with van der Waals surface area (Å²) < 4.78 is 0. The molecule has 0 aliphatic heterocycles. The Bertz CT molecular complexity index is 608. The first kappa shape index (κ1) is 14.7. The number of rotatable bonds is 5. The number of anilines is 1. The molecule has 0 saturated heterocycles. The van der Waals surface area contributed by atoms with Crippen LogP contribution in [0.25, 0.3) is 0 Å². The maximum Gasteiger partial charge on any atom is 0.262 e. The van der Waals surface area contributed by atoms with Crippen LogP contribution in [0.3, 0.4) is 0 Å². The van der Waals surface area contributed by atoms with Crippen LogP contribution in [-0.2, 0) is 4.79 Å². The van der Waals surface area contributed by atoms with Gasteiger partial charge in [0, 0.05) is 18.1 Å². The number of nitrogens with zero attached hydrogens (tertiary/aromatic N) is 2. The van der Waals surface area contributed by atoms with Gasteiger partial charge in [-0.25, -0.2) is 5.43 Å². The van der Waals surface area contributed by atoms with Crippen molar-refractivity contribution in [2.45, 2.75) is 19.9 Å². The number of nitrogens with one attached hydrogen (secondary N) is 2. The topological polar surface area (TPSA) is 66.4 Å². The number of hydrogen-bond donors (Lipinski definition) is 2. The Balaban J connectivity index is 1.85. The van der Waals surface area contributed by atoms with Gasteiger partial charge >= 0.3 is 0 Å². The second kappa shape index (κ2) is 7.19. The van der Waals surface area contributed by atoms with Gasteiger partial charge in [-0.2, -0.15) is 5.10 Å². The normalized spacial score (nSPS) is 12.1. The van der Waals surface area contributed by atoms with Gasteiger partial charge < -0.3 is 5.32 Å². The minimum Gasteiger partial charge on any atom is -0.374 e. The number of carbonyl (C=O) groups excluding carboxylic acids is 1. The Morgan fingerprint density at radius 2 is 1.86 bits per heavy atom. The van der Waals surface area contributed by atoms with E-state index in [9.17, 15) is 4.79 Å². The van der Waals surface area contributed by atoms with Crippen molar-refractivity contribution in [3.63, 3.8) is 0 Å². The van der Waals surface area contributed by atoms with Gasteiger partial charge in [0.2, 0.25) is 0 Å². The molecule has 5 heteroatoms. The number of pyridine rings is 1. The van der Waals surface area contributed by atoms with Crippen molar-refractivity contribution in [3.05, 3.63) is 59.9 Å². The summed E-state index contributed by atoms with van der Waals surface area (Å²) in [7, 11) is 0. The zero-order valence-electron chi connectivity index (χ0n) is 12.1. The molecule has 1 atom stereocenters. The number of aromatic nitrogens is 1. The first-order valence-electron chi connectivity index (χ1n) is 6.71. The van der Waals surface area contributed by atoms with E-state index in [2.05, 4.69) is 20.8 Å². The van der Waals surface area contributed by atoms with Crippen molar-refractivity contribution in [1.82, 2.24) is 10.4 Å². The molecule has 5 nitrogen and oxygen atoms in total. The average molecular weight is 282 g/mol. The molecule has 1 unspecified atom stereocenters. The van der Waals surface area contributed by atoms with Crippen LogP contribution in [-0.4, -0.2) is 23.1 Å². The third kappa shape index (κ3) is 4.72. The highest BCUT2D eigenvalue weighted by Gasteiger charge is 2.11. The lowest BCUT2D eigenvalue weighted by molar-refractivity contribution is -0.121. The zero-order valence-corrected chi connectivity index (χ0v) is 12.1. The predicted octanol–water partition coefficient (Wildman–Crippen LogP) is 2.34. The Labute approximate surface area is 124 Å². The highest BCUT2D eigenvalue weighted by molar-refractivity contribution is 5.86. The van der Waals surface area contributed by atoms with Gasteiger partial charge in [0.25, 0.3) is 5.91 Å². The van der Waals surface area contributed by atoms with Crippen LogP contribution in [0, 0.1) is 6.92 Å². The molecule has 0 aliphatic carbocycles. The second-order valence-corrected chi connectivity index (χ2v) is 4.75. The molecular formula is C16H18N4O. The highest BCUT2D eigenvalue weighted by atomic mass is 16.2. The van der Waals surface area contributed by atoms with Crippen molar-refractivity contribution in [2.75, 3.05) is 5.32 Å². The van der Waals surface area contributed by atoms with Crippen LogP contribution >= 0.6 is 0 Å². The van der Waals surface area contributed by atoms with Gasteiger partial charge in [0.15, 0.2) is 0 Å². The van der Waals surface area contributed by atoms with Gasteiger partial charge in [-0.3, -0.25) is 9.78 Å². The standard InChI is InChI=1S/C16H18N4O/c1-12-3-5-15(6-4-12)19-13(2)16(21)20-18-11-14-7-9-17-10-8-14/h3-11,13,19H,1-2H3,(H,20,21)/b18-11+. The van der Waals surface area contributed by atoms with Gasteiger partial charge in [0.05, 0.1) is 6.21 Å². The Kier molecular flexibility index (Phi) is 5.04. The summed E-state index contributed by atoms with van der Waals surface area (Å²) in [6, 6.07) is 11.1. The minimum atomic E-state index is -0.373. The summed E-state index contributed by atoms with van der Waals surface area (Å²) in [6.07, 6.45) is 4.92. The summed E-state index contributed by atoms with van der Waals surface area (Å²) in [5, 5.41) is 7.05. The molecule has 0 saturated carbocycles. The zero-order chi connectivity index (χ0) is 15.1. The molecule has 1 amide bonds. The van der Waals surface area contributed by atoms with E-state index in [0.717, 1.165) is 11.3 Å². The number of benzene rings is 1. The van der Waals surface area contributed by atoms with E-state index in [-0.39, 0.29) is 11.9 Å². The lowest BCUT2D eigenvalue weighted by Gasteiger charge is -2.13. The number of hydrazone groups is 1. The van der Waals surface area contributed by atoms with E-state index < -0.39 is 0 Å². The van der Waals surface area contributed by atoms with Crippen LogP contribution in [0.5, 0.6) is 0 Å². The molecule has 2 N–H and O–H groups in total. The molecular weight excluding hydrogens is 264 g/mol. The van der Waals surface area contributed by atoms with Crippen LogP contribution < -0.4 is 10.7 Å². The molecule has 0 spiro atoms. The fourth-order valence-electron chi connectivity index (χ4n) is 1.68. The molecule has 21 heavy (non-hydrogen) atoms. The summed E-state index contributed by atoms with van der Waals surface area (Å²) in [4.78, 5) is 15.8. The predicted molar refractivity (Wildman–Crippen MR) is 84.2 cm³/mol. The first-order chi connectivity index (χ1) is 10.1. The molecule has 0 radical (unpaired) electrons. The van der Waals surface area contributed by atoms with Crippen molar-refractivity contribution < 1.29 is 4.79 Å². The van der Waals surface area contributed by atoms with E-state index in [1.54, 1.807) is 25.5 Å². The first-order valence-corrected chi connectivity index (χ1v) is 6.71. The molecule has 108 valence electrons. The SMILES string of the molecule is Cc1ccc(NC(C)C(=O)N/N=C/c2ccncc2)cc1. The summed E-state index contributed by atoms with van der Waals surface area (Å²) in [5.74, 6) is -0.194. The average Bonchev–Trinajstić information content (AvgIpc) is 2.50. The van der Waals surface area contributed by atoms with Gasteiger partial charge in [0.1, 0.15) is 6.04 Å². The Morgan fingerprint density at radius 1 is 1.19 bits per heavy atom. The summed E-state index contributed by atoms with van der Waals surface area (Å²) in [5.41, 5.74) is 5.47. The van der Waals surface area contributed by atoms with E-state index in [1.165, 1.54) is 5.56 Å². The quantitative estimate of drug-likeness (QED) is 0.653. The van der Waals surface area contributed by atoms with Gasteiger partial charge in [-0.15, -0.1) is 0 Å². The van der Waals surface area contributed by atoms with Gasteiger partial charge in [-0.05, 0) is 43.7 Å². The lowest BCUT2D eigenvalue weighted by Crippen LogP contribution is -2.34. The van der Waals surface area contributed by atoms with Crippen molar-refractivity contribution in [1.29, 1.82) is 0 Å². The molecule has 0 bridgehead atoms. The second-order valence-electron chi connectivity index (χ2n) is 4.75. The van der Waals surface area contributed by atoms with Crippen molar-refractivity contribution in [3.8, 4) is 0 Å². The smallest absolute Gasteiger partial charge is 0.262 e. The van der Waals surface area contributed by atoms with Crippen molar-refractivity contribution >= 4 is 17.8 Å². The van der Waals surface area contributed by atoms with Crippen LogP contribution in [0.1, 0.15) is 18.1 Å². The van der Waals surface area contributed by atoms with Crippen molar-refractivity contribution in [2.24, 2.45) is 5.10 Å². The third-order valence-corrected chi connectivity index (χ3v) is 2.92. The van der Waals surface area contributed by atoms with E-state index in [1.807, 2.05) is 43.3 Å². The van der Waals surface area contributed by atoms with Crippen LogP contribution in [0.2, 0.25) is 0 Å². The van der Waals surface area contributed by atoms with E-state index >= 15 is 0 Å². The fourth-order valence-corrected chi connectivity index (χ4v) is 1.68. The molecule has 0 fully saturated rings. The Hall–Kier alpha value is -2.69. The lowest BCUT2D eigenvalue weighted by atomic mass is 10.2. The number of hydrogen-bond acceptors (Lipinski definition) is 4. The number of carbonyl (C=O) groups is 1.